The predicted molar refractivity (Wildman–Crippen MR) is 124 cm³/mol. The molecule has 0 amide bonds. The van der Waals surface area contributed by atoms with Crippen molar-refractivity contribution in [3.8, 4) is 5.69 Å². The summed E-state index contributed by atoms with van der Waals surface area (Å²) in [7, 11) is 2.14. The van der Waals surface area contributed by atoms with Gasteiger partial charge in [-0.1, -0.05) is 43.8 Å². The highest BCUT2D eigenvalue weighted by molar-refractivity contribution is 7.99. The molecule has 0 bridgehead atoms. The highest BCUT2D eigenvalue weighted by Crippen LogP contribution is 2.35. The standard InChI is InChI=1S/C22H25N5OS2/c1-14(2)10-12-29-22-24-23-21-26(15-7-5-4-6-8-15)19(28)18-16-9-11-25(3)13-17(16)30-20(18)27(21)22/h4-8,14H,9-13H2,1-3H3. The van der Waals surface area contributed by atoms with Gasteiger partial charge in [0.2, 0.25) is 5.78 Å². The van der Waals surface area contributed by atoms with E-state index in [-0.39, 0.29) is 5.56 Å². The maximum absolute atomic E-state index is 13.7. The number of thioether (sulfide) groups is 1. The van der Waals surface area contributed by atoms with Crippen LogP contribution in [0.15, 0.2) is 40.3 Å². The van der Waals surface area contributed by atoms with Gasteiger partial charge in [-0.3, -0.25) is 4.79 Å². The second kappa shape index (κ2) is 7.83. The van der Waals surface area contributed by atoms with Crippen LogP contribution in [0, 0.1) is 5.92 Å². The molecule has 0 saturated carbocycles. The van der Waals surface area contributed by atoms with E-state index in [1.54, 1.807) is 27.7 Å². The van der Waals surface area contributed by atoms with Gasteiger partial charge in [0.1, 0.15) is 4.83 Å². The Morgan fingerprint density at radius 2 is 2.00 bits per heavy atom. The lowest BCUT2D eigenvalue weighted by atomic mass is 10.1. The molecule has 4 heterocycles. The van der Waals surface area contributed by atoms with Gasteiger partial charge in [0, 0.05) is 23.7 Å². The van der Waals surface area contributed by atoms with Gasteiger partial charge in [-0.2, -0.15) is 0 Å². The Hall–Kier alpha value is -2.16. The molecule has 8 heteroatoms. The van der Waals surface area contributed by atoms with Crippen LogP contribution < -0.4 is 5.56 Å². The molecule has 4 aromatic rings. The molecule has 0 N–H and O–H groups in total. The molecular formula is C22H25N5OS2. The van der Waals surface area contributed by atoms with Crippen molar-refractivity contribution in [3.05, 3.63) is 51.1 Å². The average molecular weight is 440 g/mol. The first-order chi connectivity index (χ1) is 14.5. The Bertz CT molecular complexity index is 1270. The number of fused-ring (bicyclic) bond motifs is 5. The van der Waals surface area contributed by atoms with Crippen LogP contribution in [-0.4, -0.2) is 43.4 Å². The number of rotatable bonds is 5. The van der Waals surface area contributed by atoms with Gasteiger partial charge in [0.05, 0.1) is 11.1 Å². The highest BCUT2D eigenvalue weighted by Gasteiger charge is 2.26. The van der Waals surface area contributed by atoms with Crippen LogP contribution in [0.1, 0.15) is 30.7 Å². The fourth-order valence-electron chi connectivity index (χ4n) is 3.97. The Balaban J connectivity index is 1.80. The van der Waals surface area contributed by atoms with Gasteiger partial charge in [-0.05, 0) is 43.5 Å². The average Bonchev–Trinajstić information content (AvgIpc) is 3.30. The molecule has 0 unspecified atom stereocenters. The van der Waals surface area contributed by atoms with Crippen molar-refractivity contribution >= 4 is 39.1 Å². The van der Waals surface area contributed by atoms with Gasteiger partial charge in [0.25, 0.3) is 5.56 Å². The van der Waals surface area contributed by atoms with Gasteiger partial charge < -0.3 is 4.90 Å². The fourth-order valence-corrected chi connectivity index (χ4v) is 6.62. The third kappa shape index (κ3) is 3.27. The van der Waals surface area contributed by atoms with E-state index in [0.717, 1.165) is 52.7 Å². The van der Waals surface area contributed by atoms with Gasteiger partial charge in [-0.25, -0.2) is 8.97 Å². The first-order valence-corrected chi connectivity index (χ1v) is 12.2. The van der Waals surface area contributed by atoms with Gasteiger partial charge in [-0.15, -0.1) is 21.5 Å². The largest absolute Gasteiger partial charge is 0.301 e. The van der Waals surface area contributed by atoms with E-state index in [1.807, 2.05) is 30.3 Å². The van der Waals surface area contributed by atoms with Crippen LogP contribution in [0.4, 0.5) is 0 Å². The van der Waals surface area contributed by atoms with Crippen LogP contribution in [0.5, 0.6) is 0 Å². The van der Waals surface area contributed by atoms with Crippen molar-refractivity contribution in [1.82, 2.24) is 24.1 Å². The normalized spacial score (nSPS) is 14.8. The first kappa shape index (κ1) is 19.8. The second-order valence-corrected chi connectivity index (χ2v) is 10.4. The van der Waals surface area contributed by atoms with Gasteiger partial charge in [0.15, 0.2) is 5.16 Å². The summed E-state index contributed by atoms with van der Waals surface area (Å²) in [6, 6.07) is 9.79. The molecule has 1 aromatic carbocycles. The van der Waals surface area contributed by atoms with Crippen molar-refractivity contribution in [1.29, 1.82) is 0 Å². The number of benzene rings is 1. The number of nitrogens with zero attached hydrogens (tertiary/aromatic N) is 5. The molecule has 3 aromatic heterocycles. The molecular weight excluding hydrogens is 414 g/mol. The van der Waals surface area contributed by atoms with E-state index >= 15 is 0 Å². The van der Waals surface area contributed by atoms with Gasteiger partial charge >= 0.3 is 0 Å². The zero-order valence-electron chi connectivity index (χ0n) is 17.5. The summed E-state index contributed by atoms with van der Waals surface area (Å²) < 4.78 is 3.84. The van der Waals surface area contributed by atoms with E-state index in [1.165, 1.54) is 10.4 Å². The zero-order valence-corrected chi connectivity index (χ0v) is 19.1. The third-order valence-corrected chi connectivity index (χ3v) is 7.77. The number of thiophene rings is 1. The monoisotopic (exact) mass is 439 g/mol. The van der Waals surface area contributed by atoms with Crippen LogP contribution in [-0.2, 0) is 13.0 Å². The summed E-state index contributed by atoms with van der Waals surface area (Å²) in [6.45, 7) is 6.33. The Kier molecular flexibility index (Phi) is 5.16. The lowest BCUT2D eigenvalue weighted by Crippen LogP contribution is -2.27. The van der Waals surface area contributed by atoms with Crippen molar-refractivity contribution in [2.45, 2.75) is 38.4 Å². The topological polar surface area (TPSA) is 55.4 Å². The molecule has 6 nitrogen and oxygen atoms in total. The van der Waals surface area contributed by atoms with Crippen molar-refractivity contribution in [3.63, 3.8) is 0 Å². The van der Waals surface area contributed by atoms with Crippen LogP contribution in [0.25, 0.3) is 21.7 Å². The third-order valence-electron chi connectivity index (χ3n) is 5.61. The molecule has 0 fully saturated rings. The summed E-state index contributed by atoms with van der Waals surface area (Å²) in [4.78, 5) is 18.3. The molecule has 0 saturated heterocycles. The van der Waals surface area contributed by atoms with Crippen LogP contribution in [0.3, 0.4) is 0 Å². The molecule has 1 aliphatic heterocycles. The Morgan fingerprint density at radius 1 is 1.20 bits per heavy atom. The fraction of sp³-hybridized carbons (Fsp3) is 0.409. The number of hydrogen-bond acceptors (Lipinski definition) is 6. The van der Waals surface area contributed by atoms with E-state index < -0.39 is 0 Å². The quantitative estimate of drug-likeness (QED) is 0.436. The minimum Gasteiger partial charge on any atom is -0.301 e. The summed E-state index contributed by atoms with van der Waals surface area (Å²) >= 11 is 3.45. The molecule has 5 rings (SSSR count). The van der Waals surface area contributed by atoms with Crippen LogP contribution >= 0.6 is 23.1 Å². The lowest BCUT2D eigenvalue weighted by Gasteiger charge is -2.21. The van der Waals surface area contributed by atoms with Crippen molar-refractivity contribution < 1.29 is 0 Å². The number of hydrogen-bond donors (Lipinski definition) is 0. The molecule has 0 atom stereocenters. The summed E-state index contributed by atoms with van der Waals surface area (Å²) in [6.07, 6.45) is 2.02. The van der Waals surface area contributed by atoms with Crippen molar-refractivity contribution in [2.24, 2.45) is 5.92 Å². The molecule has 0 spiro atoms. The Morgan fingerprint density at radius 3 is 2.77 bits per heavy atom. The van der Waals surface area contributed by atoms with E-state index in [4.69, 9.17) is 0 Å². The molecule has 0 radical (unpaired) electrons. The number of likely N-dealkylation sites (N-methyl/N-ethyl adjacent to an activating group) is 1. The minimum atomic E-state index is 0.0110. The van der Waals surface area contributed by atoms with E-state index in [2.05, 4.69) is 40.4 Å². The first-order valence-electron chi connectivity index (χ1n) is 10.4. The summed E-state index contributed by atoms with van der Waals surface area (Å²) in [5.74, 6) is 2.22. The smallest absolute Gasteiger partial charge is 0.268 e. The predicted octanol–water partition coefficient (Wildman–Crippen LogP) is 4.22. The number of aromatic nitrogens is 4. The lowest BCUT2D eigenvalue weighted by molar-refractivity contribution is 0.318. The maximum Gasteiger partial charge on any atom is 0.268 e. The minimum absolute atomic E-state index is 0.0110. The molecule has 156 valence electrons. The molecule has 0 aliphatic carbocycles. The summed E-state index contributed by atoms with van der Waals surface area (Å²) in [5.41, 5.74) is 2.04. The maximum atomic E-state index is 13.7. The number of para-hydroxylation sites is 1. The SMILES string of the molecule is CC(C)CCSc1nnc2n(-c3ccccc3)c(=O)c3c4c(sc3n12)CN(C)CC4. The van der Waals surface area contributed by atoms with Crippen LogP contribution in [0.2, 0.25) is 0 Å². The summed E-state index contributed by atoms with van der Waals surface area (Å²) in [5, 5.41) is 10.7. The van der Waals surface area contributed by atoms with E-state index in [0.29, 0.717) is 11.7 Å². The van der Waals surface area contributed by atoms with Crippen molar-refractivity contribution in [2.75, 3.05) is 19.3 Å². The molecule has 1 aliphatic rings. The Labute approximate surface area is 183 Å². The highest BCUT2D eigenvalue weighted by atomic mass is 32.2. The second-order valence-electron chi connectivity index (χ2n) is 8.30. The van der Waals surface area contributed by atoms with E-state index in [9.17, 15) is 4.79 Å². The molecule has 30 heavy (non-hydrogen) atoms. The zero-order chi connectivity index (χ0) is 20.8.